The molecule has 1 aromatic carbocycles. The number of aliphatic hydroxyl groups excluding tert-OH is 1. The van der Waals surface area contributed by atoms with Crippen LogP contribution in [0.25, 0.3) is 0 Å². The molecule has 0 saturated carbocycles. The third kappa shape index (κ3) is 3.89. The second-order valence-electron chi connectivity index (χ2n) is 3.64. The van der Waals surface area contributed by atoms with Gasteiger partial charge < -0.3 is 10.4 Å². The lowest BCUT2D eigenvalue weighted by atomic mass is 10.1. The highest BCUT2D eigenvalue weighted by molar-refractivity contribution is 9.10. The highest BCUT2D eigenvalue weighted by Crippen LogP contribution is 2.23. The Morgan fingerprint density at radius 3 is 2.67 bits per heavy atom. The summed E-state index contributed by atoms with van der Waals surface area (Å²) in [6, 6.07) is 4.69. The Kier molecular flexibility index (Phi) is 4.70. The van der Waals surface area contributed by atoms with Gasteiger partial charge in [-0.15, -0.1) is 0 Å². The molecular formula is C11H15BrFNO. The number of nitrogens with one attached hydrogen (secondary N) is 1. The maximum absolute atomic E-state index is 12.8. The van der Waals surface area contributed by atoms with Crippen molar-refractivity contribution in [2.45, 2.75) is 26.0 Å². The van der Waals surface area contributed by atoms with Crippen LogP contribution in [-0.2, 0) is 0 Å². The topological polar surface area (TPSA) is 32.3 Å². The molecule has 0 amide bonds. The summed E-state index contributed by atoms with van der Waals surface area (Å²) in [5, 5.41) is 12.3. The fraction of sp³-hybridized carbons (Fsp3) is 0.455. The zero-order chi connectivity index (χ0) is 11.4. The first-order chi connectivity index (χ1) is 7.00. The molecule has 15 heavy (non-hydrogen) atoms. The van der Waals surface area contributed by atoms with E-state index in [9.17, 15) is 4.39 Å². The zero-order valence-electron chi connectivity index (χ0n) is 8.80. The summed E-state index contributed by atoms with van der Waals surface area (Å²) in [6.45, 7) is 4.21. The monoisotopic (exact) mass is 275 g/mol. The summed E-state index contributed by atoms with van der Waals surface area (Å²) in [6.07, 6.45) is -0.383. The van der Waals surface area contributed by atoms with E-state index in [1.54, 1.807) is 13.0 Å². The first-order valence-electron chi connectivity index (χ1n) is 4.87. The van der Waals surface area contributed by atoms with E-state index >= 15 is 0 Å². The van der Waals surface area contributed by atoms with Crippen LogP contribution in [0.2, 0.25) is 0 Å². The van der Waals surface area contributed by atoms with Gasteiger partial charge in [0.25, 0.3) is 0 Å². The van der Waals surface area contributed by atoms with Gasteiger partial charge in [-0.1, -0.05) is 22.0 Å². The number of aliphatic hydroxyl groups is 1. The highest BCUT2D eigenvalue weighted by atomic mass is 79.9. The Bertz CT molecular complexity index is 330. The van der Waals surface area contributed by atoms with Crippen LogP contribution < -0.4 is 5.32 Å². The van der Waals surface area contributed by atoms with Crippen molar-refractivity contribution >= 4 is 15.9 Å². The number of benzene rings is 1. The van der Waals surface area contributed by atoms with Crippen LogP contribution in [0, 0.1) is 5.82 Å². The lowest BCUT2D eigenvalue weighted by Gasteiger charge is -2.16. The van der Waals surface area contributed by atoms with Crippen molar-refractivity contribution in [1.29, 1.82) is 0 Å². The van der Waals surface area contributed by atoms with Crippen LogP contribution in [0.4, 0.5) is 4.39 Å². The molecule has 0 aliphatic carbocycles. The molecule has 0 radical (unpaired) electrons. The van der Waals surface area contributed by atoms with Crippen molar-refractivity contribution in [3.05, 3.63) is 34.1 Å². The molecule has 0 aromatic heterocycles. The summed E-state index contributed by atoms with van der Waals surface area (Å²) in [7, 11) is 0. The predicted octanol–water partition coefficient (Wildman–Crippen LogP) is 2.62. The minimum Gasteiger partial charge on any atom is -0.392 e. The Morgan fingerprint density at radius 2 is 2.13 bits per heavy atom. The molecule has 0 spiro atoms. The van der Waals surface area contributed by atoms with Crippen molar-refractivity contribution in [2.75, 3.05) is 6.54 Å². The fourth-order valence-corrected chi connectivity index (χ4v) is 2.00. The van der Waals surface area contributed by atoms with Gasteiger partial charge in [-0.25, -0.2) is 4.39 Å². The van der Waals surface area contributed by atoms with Gasteiger partial charge in [0.15, 0.2) is 0 Å². The van der Waals surface area contributed by atoms with Gasteiger partial charge >= 0.3 is 0 Å². The lowest BCUT2D eigenvalue weighted by Crippen LogP contribution is -2.27. The molecular weight excluding hydrogens is 261 g/mol. The largest absolute Gasteiger partial charge is 0.392 e. The second kappa shape index (κ2) is 5.58. The van der Waals surface area contributed by atoms with E-state index in [-0.39, 0.29) is 18.0 Å². The van der Waals surface area contributed by atoms with Gasteiger partial charge in [0, 0.05) is 17.1 Å². The van der Waals surface area contributed by atoms with Gasteiger partial charge in [0.1, 0.15) is 5.82 Å². The SMILES string of the molecule is CC(NC[C@@H](C)O)c1ccc(F)cc1Br. The molecule has 1 rings (SSSR count). The number of rotatable bonds is 4. The molecule has 84 valence electrons. The zero-order valence-corrected chi connectivity index (χ0v) is 10.4. The first kappa shape index (κ1) is 12.6. The number of hydrogen-bond donors (Lipinski definition) is 2. The summed E-state index contributed by atoms with van der Waals surface area (Å²) in [5.74, 6) is -0.256. The smallest absolute Gasteiger partial charge is 0.124 e. The maximum Gasteiger partial charge on any atom is 0.124 e. The lowest BCUT2D eigenvalue weighted by molar-refractivity contribution is 0.187. The summed E-state index contributed by atoms with van der Waals surface area (Å²) < 4.78 is 13.6. The highest BCUT2D eigenvalue weighted by Gasteiger charge is 2.10. The van der Waals surface area contributed by atoms with Crippen LogP contribution in [-0.4, -0.2) is 17.8 Å². The summed E-state index contributed by atoms with van der Waals surface area (Å²) in [4.78, 5) is 0. The third-order valence-electron chi connectivity index (χ3n) is 2.15. The first-order valence-corrected chi connectivity index (χ1v) is 5.66. The number of hydrogen-bond acceptors (Lipinski definition) is 2. The third-order valence-corrected chi connectivity index (χ3v) is 2.84. The average molecular weight is 276 g/mol. The van der Waals surface area contributed by atoms with Crippen molar-refractivity contribution < 1.29 is 9.50 Å². The summed E-state index contributed by atoms with van der Waals surface area (Å²) >= 11 is 3.31. The van der Waals surface area contributed by atoms with Crippen molar-refractivity contribution in [3.8, 4) is 0 Å². The van der Waals surface area contributed by atoms with Crippen LogP contribution in [0.3, 0.4) is 0 Å². The van der Waals surface area contributed by atoms with Gasteiger partial charge in [0.2, 0.25) is 0 Å². The molecule has 1 aromatic rings. The molecule has 0 aliphatic rings. The second-order valence-corrected chi connectivity index (χ2v) is 4.50. The molecule has 2 atom stereocenters. The van der Waals surface area contributed by atoms with Crippen molar-refractivity contribution in [1.82, 2.24) is 5.32 Å². The van der Waals surface area contributed by atoms with Crippen molar-refractivity contribution in [3.63, 3.8) is 0 Å². The minimum atomic E-state index is -0.383. The fourth-order valence-electron chi connectivity index (χ4n) is 1.31. The quantitative estimate of drug-likeness (QED) is 0.886. The Hall–Kier alpha value is -0.450. The Balaban J connectivity index is 2.69. The van der Waals surface area contributed by atoms with Gasteiger partial charge in [-0.2, -0.15) is 0 Å². The van der Waals surface area contributed by atoms with Crippen LogP contribution in [0.1, 0.15) is 25.5 Å². The maximum atomic E-state index is 12.8. The molecule has 0 aliphatic heterocycles. The van der Waals surface area contributed by atoms with E-state index in [0.29, 0.717) is 6.54 Å². The normalized spacial score (nSPS) is 15.0. The van der Waals surface area contributed by atoms with Gasteiger partial charge in [0.05, 0.1) is 6.10 Å². The van der Waals surface area contributed by atoms with Gasteiger partial charge in [-0.3, -0.25) is 0 Å². The van der Waals surface area contributed by atoms with E-state index < -0.39 is 0 Å². The van der Waals surface area contributed by atoms with E-state index in [1.165, 1.54) is 12.1 Å². The van der Waals surface area contributed by atoms with E-state index in [0.717, 1.165) is 10.0 Å². The predicted molar refractivity (Wildman–Crippen MR) is 62.2 cm³/mol. The minimum absolute atomic E-state index is 0.0783. The number of halogens is 2. The van der Waals surface area contributed by atoms with Crippen LogP contribution in [0.5, 0.6) is 0 Å². The van der Waals surface area contributed by atoms with E-state index in [1.807, 2.05) is 6.92 Å². The van der Waals surface area contributed by atoms with E-state index in [2.05, 4.69) is 21.2 Å². The molecule has 1 unspecified atom stereocenters. The molecule has 0 saturated heterocycles. The standard InChI is InChI=1S/C11H15BrFNO/c1-7(15)6-14-8(2)10-4-3-9(13)5-11(10)12/h3-5,7-8,14-15H,6H2,1-2H3/t7-,8?/m1/s1. The van der Waals surface area contributed by atoms with E-state index in [4.69, 9.17) is 5.11 Å². The summed E-state index contributed by atoms with van der Waals surface area (Å²) in [5.41, 5.74) is 0.983. The average Bonchev–Trinajstić information content (AvgIpc) is 2.14. The Morgan fingerprint density at radius 1 is 1.47 bits per heavy atom. The van der Waals surface area contributed by atoms with Gasteiger partial charge in [-0.05, 0) is 31.5 Å². The molecule has 2 N–H and O–H groups in total. The molecule has 2 nitrogen and oxygen atoms in total. The molecule has 0 bridgehead atoms. The Labute approximate surface area is 97.6 Å². The molecule has 4 heteroatoms. The molecule has 0 heterocycles. The molecule has 0 fully saturated rings. The van der Waals surface area contributed by atoms with Crippen molar-refractivity contribution in [2.24, 2.45) is 0 Å². The van der Waals surface area contributed by atoms with Crippen LogP contribution >= 0.6 is 15.9 Å². The van der Waals surface area contributed by atoms with Crippen LogP contribution in [0.15, 0.2) is 22.7 Å².